The fourth-order valence-corrected chi connectivity index (χ4v) is 1.62. The van der Waals surface area contributed by atoms with Crippen molar-refractivity contribution >= 4 is 0 Å². The summed E-state index contributed by atoms with van der Waals surface area (Å²) in [5, 5.41) is 8.41. The van der Waals surface area contributed by atoms with Gasteiger partial charge in [-0.3, -0.25) is 4.90 Å². The molecular formula is C10H19F2NO. The first-order chi connectivity index (χ1) is 6.24. The Hall–Kier alpha value is -0.220. The van der Waals surface area contributed by atoms with Crippen LogP contribution in [-0.4, -0.2) is 42.2 Å². The average Bonchev–Trinajstić information content (AvgIpc) is 1.94. The van der Waals surface area contributed by atoms with Gasteiger partial charge in [-0.25, -0.2) is 8.78 Å². The van der Waals surface area contributed by atoms with Crippen molar-refractivity contribution in [3.63, 3.8) is 0 Å². The molecule has 0 saturated carbocycles. The van der Waals surface area contributed by atoms with Crippen LogP contribution in [0.4, 0.5) is 8.78 Å². The Bertz CT molecular complexity index is 195. The van der Waals surface area contributed by atoms with E-state index in [1.54, 1.807) is 4.90 Å². The second-order valence-corrected chi connectivity index (χ2v) is 5.27. The molecule has 0 spiro atoms. The highest BCUT2D eigenvalue weighted by Gasteiger charge is 2.40. The molecule has 0 aromatic carbocycles. The van der Waals surface area contributed by atoms with Crippen LogP contribution in [0.25, 0.3) is 0 Å². The fourth-order valence-electron chi connectivity index (χ4n) is 1.62. The lowest BCUT2D eigenvalue weighted by Gasteiger charge is -2.47. The molecular weight excluding hydrogens is 188 g/mol. The van der Waals surface area contributed by atoms with E-state index in [2.05, 4.69) is 20.8 Å². The summed E-state index contributed by atoms with van der Waals surface area (Å²) in [6, 6.07) is 0. The van der Waals surface area contributed by atoms with Crippen LogP contribution < -0.4 is 0 Å². The van der Waals surface area contributed by atoms with Gasteiger partial charge in [0.15, 0.2) is 0 Å². The molecule has 0 aliphatic carbocycles. The number of hydrogen-bond donors (Lipinski definition) is 1. The Morgan fingerprint density at radius 1 is 1.29 bits per heavy atom. The zero-order valence-electron chi connectivity index (χ0n) is 9.06. The summed E-state index contributed by atoms with van der Waals surface area (Å²) in [6.07, 6.45) is 0. The number of nitrogens with zero attached hydrogens (tertiary/aromatic N) is 1. The molecule has 0 amide bonds. The van der Waals surface area contributed by atoms with E-state index in [9.17, 15) is 8.78 Å². The van der Waals surface area contributed by atoms with Crippen molar-refractivity contribution < 1.29 is 13.9 Å². The number of aliphatic hydroxyl groups excluding tert-OH is 1. The van der Waals surface area contributed by atoms with Gasteiger partial charge in [0.05, 0.1) is 6.54 Å². The number of aliphatic hydroxyl groups is 1. The Balaban J connectivity index is 2.29. The Morgan fingerprint density at radius 2 is 1.79 bits per heavy atom. The molecule has 1 rings (SSSR count). The zero-order chi connectivity index (χ0) is 11.0. The normalized spacial score (nSPS) is 21.0. The van der Waals surface area contributed by atoms with E-state index in [1.165, 1.54) is 0 Å². The van der Waals surface area contributed by atoms with Crippen LogP contribution in [0, 0.1) is 11.3 Å². The topological polar surface area (TPSA) is 23.5 Å². The van der Waals surface area contributed by atoms with E-state index < -0.39 is 12.5 Å². The van der Waals surface area contributed by atoms with Gasteiger partial charge in [0.25, 0.3) is 5.92 Å². The number of alkyl halides is 2. The van der Waals surface area contributed by atoms with Gasteiger partial charge in [-0.15, -0.1) is 0 Å². The molecule has 1 saturated heterocycles. The van der Waals surface area contributed by atoms with Crippen LogP contribution in [0.5, 0.6) is 0 Å². The van der Waals surface area contributed by atoms with E-state index >= 15 is 0 Å². The SMILES string of the molecule is CC(C)(C)C1CN(CC(F)(F)CO)C1. The average molecular weight is 207 g/mol. The number of hydrogen-bond acceptors (Lipinski definition) is 2. The van der Waals surface area contributed by atoms with Gasteiger partial charge < -0.3 is 5.11 Å². The minimum atomic E-state index is -2.94. The van der Waals surface area contributed by atoms with Gasteiger partial charge >= 0.3 is 0 Å². The maximum Gasteiger partial charge on any atom is 0.283 e. The minimum absolute atomic E-state index is 0.199. The molecule has 0 radical (unpaired) electrons. The van der Waals surface area contributed by atoms with E-state index in [0.717, 1.165) is 13.1 Å². The number of likely N-dealkylation sites (tertiary alicyclic amines) is 1. The summed E-state index contributed by atoms with van der Waals surface area (Å²) in [5.41, 5.74) is 0.199. The lowest BCUT2D eigenvalue weighted by Crippen LogP contribution is -2.55. The molecule has 14 heavy (non-hydrogen) atoms. The first-order valence-electron chi connectivity index (χ1n) is 4.96. The molecule has 1 fully saturated rings. The van der Waals surface area contributed by atoms with Gasteiger partial charge in [-0.1, -0.05) is 20.8 Å². The summed E-state index contributed by atoms with van der Waals surface area (Å²) in [5.74, 6) is -2.44. The Morgan fingerprint density at radius 3 is 2.14 bits per heavy atom. The van der Waals surface area contributed by atoms with Gasteiger partial charge in [0.2, 0.25) is 0 Å². The summed E-state index contributed by atoms with van der Waals surface area (Å²) in [7, 11) is 0. The quantitative estimate of drug-likeness (QED) is 0.759. The van der Waals surface area contributed by atoms with Crippen LogP contribution in [0.15, 0.2) is 0 Å². The first-order valence-corrected chi connectivity index (χ1v) is 4.96. The van der Waals surface area contributed by atoms with E-state index in [1.807, 2.05) is 0 Å². The molecule has 1 aliphatic rings. The third-order valence-corrected chi connectivity index (χ3v) is 2.87. The fraction of sp³-hybridized carbons (Fsp3) is 1.00. The molecule has 0 bridgehead atoms. The largest absolute Gasteiger partial charge is 0.390 e. The standard InChI is InChI=1S/C10H19F2NO/c1-9(2,3)8-4-13(5-8)6-10(11,12)7-14/h8,14H,4-7H2,1-3H3. The molecule has 0 atom stereocenters. The van der Waals surface area contributed by atoms with Gasteiger partial charge in [-0.2, -0.15) is 0 Å². The zero-order valence-corrected chi connectivity index (χ0v) is 9.06. The van der Waals surface area contributed by atoms with Crippen LogP contribution >= 0.6 is 0 Å². The smallest absolute Gasteiger partial charge is 0.283 e. The minimum Gasteiger partial charge on any atom is -0.390 e. The molecule has 84 valence electrons. The van der Waals surface area contributed by atoms with Crippen molar-refractivity contribution in [3.05, 3.63) is 0 Å². The molecule has 0 aromatic heterocycles. The molecule has 1 aliphatic heterocycles. The second-order valence-electron chi connectivity index (χ2n) is 5.27. The van der Waals surface area contributed by atoms with E-state index in [4.69, 9.17) is 5.11 Å². The van der Waals surface area contributed by atoms with Crippen molar-refractivity contribution in [2.24, 2.45) is 11.3 Å². The highest BCUT2D eigenvalue weighted by Crippen LogP contribution is 2.34. The predicted molar refractivity (Wildman–Crippen MR) is 51.4 cm³/mol. The van der Waals surface area contributed by atoms with Crippen molar-refractivity contribution in [2.45, 2.75) is 26.7 Å². The van der Waals surface area contributed by atoms with Crippen LogP contribution in [0.1, 0.15) is 20.8 Å². The van der Waals surface area contributed by atoms with Crippen molar-refractivity contribution in [1.29, 1.82) is 0 Å². The number of rotatable bonds is 3. The van der Waals surface area contributed by atoms with Gasteiger partial charge in [-0.05, 0) is 11.3 Å². The summed E-state index contributed by atoms with van der Waals surface area (Å²) >= 11 is 0. The maximum atomic E-state index is 12.8. The van der Waals surface area contributed by atoms with Gasteiger partial charge in [0, 0.05) is 13.1 Å². The monoisotopic (exact) mass is 207 g/mol. The van der Waals surface area contributed by atoms with Crippen LogP contribution in [0.2, 0.25) is 0 Å². The summed E-state index contributed by atoms with van der Waals surface area (Å²) in [4.78, 5) is 1.70. The lowest BCUT2D eigenvalue weighted by molar-refractivity contribution is -0.102. The third kappa shape index (κ3) is 2.89. The van der Waals surface area contributed by atoms with Gasteiger partial charge in [0.1, 0.15) is 6.61 Å². The molecule has 0 unspecified atom stereocenters. The lowest BCUT2D eigenvalue weighted by atomic mass is 9.76. The first kappa shape index (κ1) is 11.9. The van der Waals surface area contributed by atoms with Crippen molar-refractivity contribution in [3.8, 4) is 0 Å². The summed E-state index contributed by atoms with van der Waals surface area (Å²) in [6.45, 7) is 6.45. The molecule has 1 heterocycles. The molecule has 1 N–H and O–H groups in total. The van der Waals surface area contributed by atoms with Crippen molar-refractivity contribution in [1.82, 2.24) is 4.90 Å². The highest BCUT2D eigenvalue weighted by molar-refractivity contribution is 4.89. The molecule has 0 aromatic rings. The summed E-state index contributed by atoms with van der Waals surface area (Å²) < 4.78 is 25.5. The van der Waals surface area contributed by atoms with E-state index in [-0.39, 0.29) is 12.0 Å². The molecule has 2 nitrogen and oxygen atoms in total. The Labute approximate surface area is 83.9 Å². The Kier molecular flexibility index (Phi) is 3.17. The van der Waals surface area contributed by atoms with E-state index in [0.29, 0.717) is 5.92 Å². The predicted octanol–water partition coefficient (Wildman–Crippen LogP) is 1.59. The number of halogens is 2. The van der Waals surface area contributed by atoms with Crippen LogP contribution in [0.3, 0.4) is 0 Å². The maximum absolute atomic E-state index is 12.8. The van der Waals surface area contributed by atoms with Crippen molar-refractivity contribution in [2.75, 3.05) is 26.2 Å². The van der Waals surface area contributed by atoms with Crippen LogP contribution in [-0.2, 0) is 0 Å². The second kappa shape index (κ2) is 3.74. The molecule has 4 heteroatoms. The third-order valence-electron chi connectivity index (χ3n) is 2.87. The highest BCUT2D eigenvalue weighted by atomic mass is 19.3.